The van der Waals surface area contributed by atoms with Gasteiger partial charge in [-0.2, -0.15) is 36.5 Å². The second kappa shape index (κ2) is 8.73. The lowest BCUT2D eigenvalue weighted by Crippen LogP contribution is -2.21. The summed E-state index contributed by atoms with van der Waals surface area (Å²) >= 11 is 5.69. The Hall–Kier alpha value is -3.02. The minimum absolute atomic E-state index is 0.0205. The number of hydrogen-bond donors (Lipinski definition) is 1. The third-order valence-electron chi connectivity index (χ3n) is 4.93. The number of alkyl halides is 6. The molecule has 2 aromatic heterocycles. The van der Waals surface area contributed by atoms with Gasteiger partial charge in [0.25, 0.3) is 0 Å². The molecule has 3 rings (SSSR count). The average molecular weight is 494 g/mol. The van der Waals surface area contributed by atoms with Gasteiger partial charge in [0.1, 0.15) is 6.54 Å². The van der Waals surface area contributed by atoms with Crippen LogP contribution in [-0.2, 0) is 30.2 Å². The van der Waals surface area contributed by atoms with Crippen molar-refractivity contribution < 1.29 is 31.1 Å². The number of rotatable bonds is 5. The molecule has 0 aliphatic heterocycles. The molecule has 178 valence electrons. The van der Waals surface area contributed by atoms with Crippen molar-refractivity contribution in [3.05, 3.63) is 63.2 Å². The molecule has 0 aliphatic carbocycles. The van der Waals surface area contributed by atoms with Crippen molar-refractivity contribution in [1.29, 1.82) is 0 Å². The molecule has 0 aliphatic rings. The van der Waals surface area contributed by atoms with Crippen LogP contribution in [0, 0.1) is 20.8 Å². The summed E-state index contributed by atoms with van der Waals surface area (Å²) in [7, 11) is 0. The van der Waals surface area contributed by atoms with E-state index in [0.717, 1.165) is 16.8 Å². The van der Waals surface area contributed by atoms with E-state index in [2.05, 4.69) is 15.5 Å². The maximum atomic E-state index is 13.0. The fourth-order valence-corrected chi connectivity index (χ4v) is 3.47. The van der Waals surface area contributed by atoms with Gasteiger partial charge in [0.05, 0.1) is 39.9 Å². The van der Waals surface area contributed by atoms with Crippen molar-refractivity contribution >= 4 is 23.2 Å². The molecule has 1 amide bonds. The van der Waals surface area contributed by atoms with Crippen LogP contribution in [-0.4, -0.2) is 25.5 Å². The highest BCUT2D eigenvalue weighted by atomic mass is 35.5. The van der Waals surface area contributed by atoms with E-state index in [1.807, 2.05) is 0 Å². The maximum absolute atomic E-state index is 13.0. The normalized spacial score (nSPS) is 12.3. The van der Waals surface area contributed by atoms with Crippen LogP contribution in [0.5, 0.6) is 0 Å². The van der Waals surface area contributed by atoms with Crippen molar-refractivity contribution in [2.75, 3.05) is 5.32 Å². The van der Waals surface area contributed by atoms with Gasteiger partial charge in [-0.15, -0.1) is 0 Å². The summed E-state index contributed by atoms with van der Waals surface area (Å²) in [6.07, 6.45) is -9.25. The van der Waals surface area contributed by atoms with Crippen LogP contribution in [0.1, 0.15) is 33.9 Å². The minimum Gasteiger partial charge on any atom is -0.321 e. The van der Waals surface area contributed by atoms with Gasteiger partial charge < -0.3 is 5.32 Å². The van der Waals surface area contributed by atoms with Gasteiger partial charge in [-0.3, -0.25) is 14.2 Å². The smallest absolute Gasteiger partial charge is 0.321 e. The Morgan fingerprint density at radius 1 is 1.00 bits per heavy atom. The third kappa shape index (κ3) is 5.32. The van der Waals surface area contributed by atoms with E-state index < -0.39 is 41.1 Å². The van der Waals surface area contributed by atoms with E-state index in [4.69, 9.17) is 11.6 Å². The average Bonchev–Trinajstić information content (AvgIpc) is 3.12. The molecule has 0 fully saturated rings. The number of hydrogen-bond acceptors (Lipinski definition) is 3. The molecular weight excluding hydrogens is 476 g/mol. The van der Waals surface area contributed by atoms with E-state index >= 15 is 0 Å². The van der Waals surface area contributed by atoms with E-state index in [-0.39, 0.29) is 12.2 Å². The number of nitrogens with one attached hydrogen (secondary N) is 1. The summed E-state index contributed by atoms with van der Waals surface area (Å²) in [5, 5.41) is 9.63. The van der Waals surface area contributed by atoms with Gasteiger partial charge in [0, 0.05) is 0 Å². The highest BCUT2D eigenvalue weighted by molar-refractivity contribution is 6.32. The van der Waals surface area contributed by atoms with Crippen LogP contribution < -0.4 is 5.32 Å². The number of halogens is 7. The second-order valence-corrected chi connectivity index (χ2v) is 7.73. The summed E-state index contributed by atoms with van der Waals surface area (Å²) in [5.41, 5.74) is -0.581. The lowest BCUT2D eigenvalue weighted by Gasteiger charge is -2.10. The van der Waals surface area contributed by atoms with Gasteiger partial charge in [0.2, 0.25) is 5.91 Å². The third-order valence-corrected chi connectivity index (χ3v) is 5.38. The molecular formula is C20H18ClF6N5O. The van der Waals surface area contributed by atoms with Gasteiger partial charge in [0.15, 0.2) is 5.69 Å². The molecule has 0 atom stereocenters. The van der Waals surface area contributed by atoms with E-state index in [1.165, 1.54) is 23.7 Å². The highest BCUT2D eigenvalue weighted by Gasteiger charge is 2.38. The Morgan fingerprint density at radius 3 is 2.24 bits per heavy atom. The van der Waals surface area contributed by atoms with Gasteiger partial charge in [-0.1, -0.05) is 23.7 Å². The van der Waals surface area contributed by atoms with Crippen molar-refractivity contribution in [2.45, 2.75) is 46.2 Å². The molecule has 0 spiro atoms. The fraction of sp³-hybridized carbons (Fsp3) is 0.350. The Kier molecular flexibility index (Phi) is 6.51. The zero-order valence-corrected chi connectivity index (χ0v) is 18.3. The van der Waals surface area contributed by atoms with Gasteiger partial charge >= 0.3 is 12.4 Å². The second-order valence-electron chi connectivity index (χ2n) is 7.35. The summed E-state index contributed by atoms with van der Waals surface area (Å²) in [4.78, 5) is 12.5. The predicted molar refractivity (Wildman–Crippen MR) is 108 cm³/mol. The van der Waals surface area contributed by atoms with Crippen LogP contribution in [0.2, 0.25) is 5.02 Å². The summed E-state index contributed by atoms with van der Waals surface area (Å²) in [5.74, 6) is -0.671. The Labute approximate surface area is 189 Å². The van der Waals surface area contributed by atoms with E-state index in [1.54, 1.807) is 13.8 Å². The molecule has 0 bridgehead atoms. The Morgan fingerprint density at radius 2 is 1.67 bits per heavy atom. The van der Waals surface area contributed by atoms with Crippen LogP contribution in [0.15, 0.2) is 24.3 Å². The molecule has 0 radical (unpaired) electrons. The van der Waals surface area contributed by atoms with Crippen LogP contribution in [0.3, 0.4) is 0 Å². The Balaban J connectivity index is 1.78. The van der Waals surface area contributed by atoms with E-state index in [0.29, 0.717) is 22.6 Å². The molecule has 0 unspecified atom stereocenters. The first-order chi connectivity index (χ1) is 15.2. The van der Waals surface area contributed by atoms with Crippen molar-refractivity contribution in [2.24, 2.45) is 0 Å². The van der Waals surface area contributed by atoms with Crippen molar-refractivity contribution in [3.8, 4) is 0 Å². The first-order valence-corrected chi connectivity index (χ1v) is 9.86. The lowest BCUT2D eigenvalue weighted by atomic mass is 10.1. The van der Waals surface area contributed by atoms with Gasteiger partial charge in [-0.25, -0.2) is 0 Å². The molecule has 3 aromatic rings. The van der Waals surface area contributed by atoms with Crippen LogP contribution >= 0.6 is 11.6 Å². The summed E-state index contributed by atoms with van der Waals surface area (Å²) in [6, 6.07) is 4.78. The SMILES string of the molecule is Cc1nn(Cc2cccc(C(F)(F)F)c2)c(C)c1NC(=O)Cn1nc(C(F)(F)F)c(Cl)c1C. The zero-order chi connectivity index (χ0) is 24.7. The molecule has 2 heterocycles. The standard InChI is InChI=1S/C20H18ClF6N5O/c1-10-17(28-15(33)9-32-11(2)16(21)18(30-32)20(25,26)27)12(3)31(29-10)8-13-5-4-6-14(7-13)19(22,23)24/h4-7H,8-9H2,1-3H3,(H,28,33). The number of amides is 1. The molecule has 0 saturated carbocycles. The Bertz CT molecular complexity index is 1190. The largest absolute Gasteiger partial charge is 0.436 e. The minimum atomic E-state index is -4.76. The molecule has 33 heavy (non-hydrogen) atoms. The monoisotopic (exact) mass is 493 g/mol. The highest BCUT2D eigenvalue weighted by Crippen LogP contribution is 2.35. The number of benzene rings is 1. The number of aryl methyl sites for hydroxylation is 1. The molecule has 1 aromatic carbocycles. The topological polar surface area (TPSA) is 64.7 Å². The number of carbonyl (C=O) groups excluding carboxylic acids is 1. The quantitative estimate of drug-likeness (QED) is 0.485. The molecule has 0 saturated heterocycles. The number of aromatic nitrogens is 4. The lowest BCUT2D eigenvalue weighted by molar-refractivity contribution is -0.141. The first kappa shape index (κ1) is 24.6. The predicted octanol–water partition coefficient (Wildman–Crippen LogP) is 5.38. The summed E-state index contributed by atoms with van der Waals surface area (Å²) in [6.45, 7) is 4.00. The number of carbonyl (C=O) groups is 1. The van der Waals surface area contributed by atoms with Crippen molar-refractivity contribution in [3.63, 3.8) is 0 Å². The van der Waals surface area contributed by atoms with Crippen LogP contribution in [0.25, 0.3) is 0 Å². The summed E-state index contributed by atoms with van der Waals surface area (Å²) < 4.78 is 80.0. The maximum Gasteiger partial charge on any atom is 0.436 e. The molecule has 6 nitrogen and oxygen atoms in total. The van der Waals surface area contributed by atoms with E-state index in [9.17, 15) is 31.1 Å². The number of nitrogens with zero attached hydrogens (tertiary/aromatic N) is 4. The number of anilines is 1. The first-order valence-electron chi connectivity index (χ1n) is 9.48. The van der Waals surface area contributed by atoms with Gasteiger partial charge in [-0.05, 0) is 38.5 Å². The zero-order valence-electron chi connectivity index (χ0n) is 17.6. The van der Waals surface area contributed by atoms with Crippen LogP contribution in [0.4, 0.5) is 32.0 Å². The van der Waals surface area contributed by atoms with Crippen molar-refractivity contribution in [1.82, 2.24) is 19.6 Å². The fourth-order valence-electron chi connectivity index (χ4n) is 3.23. The molecule has 1 N–H and O–H groups in total. The molecule has 13 heteroatoms.